The number of alkyl halides is 9. The Balaban J connectivity index is 2.10. The fourth-order valence-electron chi connectivity index (χ4n) is 4.56. The molecule has 0 spiro atoms. The number of carbonyl (C=O) groups is 1. The smallest absolute Gasteiger partial charge is 0.416 e. The lowest BCUT2D eigenvalue weighted by molar-refractivity contribution is -0.143. The summed E-state index contributed by atoms with van der Waals surface area (Å²) in [6.07, 6.45) is -20.6. The van der Waals surface area contributed by atoms with Gasteiger partial charge in [-0.2, -0.15) is 39.5 Å². The number of hydrogen-bond acceptors (Lipinski definition) is 3. The molecule has 0 aromatic heterocycles. The number of rotatable bonds is 6. The van der Waals surface area contributed by atoms with E-state index >= 15 is 4.39 Å². The van der Waals surface area contributed by atoms with E-state index in [9.17, 15) is 44.3 Å². The van der Waals surface area contributed by atoms with Gasteiger partial charge in [0.25, 0.3) is 0 Å². The van der Waals surface area contributed by atoms with E-state index in [-0.39, 0.29) is 35.2 Å². The van der Waals surface area contributed by atoms with Crippen LogP contribution < -0.4 is 4.74 Å². The molecule has 0 N–H and O–H groups in total. The van der Waals surface area contributed by atoms with Crippen molar-refractivity contribution in [2.24, 2.45) is 0 Å². The first-order valence-electron chi connectivity index (χ1n) is 18.4. The van der Waals surface area contributed by atoms with Crippen LogP contribution in [0.2, 0.25) is 0 Å². The van der Waals surface area contributed by atoms with Crippen LogP contribution >= 0.6 is 0 Å². The van der Waals surface area contributed by atoms with Gasteiger partial charge in [-0.05, 0) is 71.9 Å². The van der Waals surface area contributed by atoms with Crippen LogP contribution in [0, 0.1) is 5.82 Å². The van der Waals surface area contributed by atoms with Crippen molar-refractivity contribution in [3.05, 3.63) is 87.7 Å². The topological polar surface area (TPSA) is 38.8 Å². The Hall–Kier alpha value is -3.97. The normalized spacial score (nSPS) is 23.5. The first-order valence-corrected chi connectivity index (χ1v) is 11.9. The van der Waals surface area contributed by atoms with Crippen molar-refractivity contribution < 1.29 is 76.0 Å². The number of ether oxygens (including phenoxy) is 2. The molecule has 0 bridgehead atoms. The SMILES string of the molecule is [2H]C([2H])([2H])Oc1ccc(F)c(C([2H])(C([2H])([2H])[2H])C([2H])([2H])[2H])c1-c1ccc(C(F)(F)F)cc1CN1C(=O)O[C@H](c2cc(C(F)(F)F)cc(C(F)(F)F)c2)[C@@H]1C([2H])([2H])[2H]. The molecule has 1 aliphatic heterocycles. The summed E-state index contributed by atoms with van der Waals surface area (Å²) >= 11 is 0. The second kappa shape index (κ2) is 11.5. The average Bonchev–Trinajstić information content (AvgIpc) is 3.34. The highest BCUT2D eigenvalue weighted by Crippen LogP contribution is 2.45. The Labute approximate surface area is 263 Å². The zero-order chi connectivity index (χ0) is 43.9. The molecule has 4 nitrogen and oxygen atoms in total. The molecule has 14 heteroatoms. The van der Waals surface area contributed by atoms with Crippen molar-refractivity contribution in [3.63, 3.8) is 0 Å². The highest BCUT2D eigenvalue weighted by atomic mass is 19.4. The number of nitrogens with zero attached hydrogens (tertiary/aromatic N) is 1. The van der Waals surface area contributed by atoms with Crippen molar-refractivity contribution in [1.82, 2.24) is 4.90 Å². The van der Waals surface area contributed by atoms with Gasteiger partial charge in [-0.15, -0.1) is 0 Å². The van der Waals surface area contributed by atoms with Gasteiger partial charge in [-0.25, -0.2) is 9.18 Å². The van der Waals surface area contributed by atoms with Crippen LogP contribution in [0.25, 0.3) is 11.1 Å². The van der Waals surface area contributed by atoms with Crippen LogP contribution in [0.3, 0.4) is 0 Å². The molecule has 44 heavy (non-hydrogen) atoms. The number of hydrogen-bond donors (Lipinski definition) is 0. The molecule has 1 saturated heterocycles. The second-order valence-corrected chi connectivity index (χ2v) is 9.36. The van der Waals surface area contributed by atoms with Gasteiger partial charge in [0.05, 0.1) is 40.4 Å². The second-order valence-electron chi connectivity index (χ2n) is 9.36. The first-order chi connectivity index (χ1) is 25.4. The van der Waals surface area contributed by atoms with Gasteiger partial charge in [0.1, 0.15) is 17.7 Å². The molecule has 0 unspecified atom stereocenters. The molecule has 0 radical (unpaired) electrons. The number of carbonyl (C=O) groups excluding carboxylic acids is 1. The van der Waals surface area contributed by atoms with Crippen LogP contribution in [-0.4, -0.2) is 24.1 Å². The van der Waals surface area contributed by atoms with E-state index in [0.717, 1.165) is 0 Å². The van der Waals surface area contributed by atoms with Gasteiger partial charge >= 0.3 is 24.6 Å². The third kappa shape index (κ3) is 6.43. The van der Waals surface area contributed by atoms with Gasteiger partial charge in [-0.1, -0.05) is 19.8 Å². The standard InChI is InChI=1S/C30H25F10NO3/c1-14(2)24-22(31)7-8-23(43-4)25(24)21-6-5-18(28(32,33)34)11-17(21)13-41-15(3)26(44-27(41)42)16-9-19(29(35,36)37)12-20(10-16)30(38,39)40/h5-12,14-15,26H,13H2,1-4H3/t15-,26-/m0/s1/i1D3,2D3,3D3,4D3,14D. The summed E-state index contributed by atoms with van der Waals surface area (Å²) in [5.41, 5.74) is -11.7. The van der Waals surface area contributed by atoms with Crippen LogP contribution in [0.4, 0.5) is 48.7 Å². The maximum Gasteiger partial charge on any atom is 0.416 e. The molecule has 1 amide bonds. The Morgan fingerprint density at radius 3 is 2.09 bits per heavy atom. The molecule has 0 aliphatic carbocycles. The van der Waals surface area contributed by atoms with Crippen LogP contribution in [-0.2, 0) is 29.8 Å². The number of amides is 1. The largest absolute Gasteiger partial charge is 0.496 e. The molecule has 238 valence electrons. The van der Waals surface area contributed by atoms with Crippen molar-refractivity contribution in [2.75, 3.05) is 7.04 Å². The number of halogens is 10. The first kappa shape index (κ1) is 19.4. The summed E-state index contributed by atoms with van der Waals surface area (Å²) in [7, 11) is -3.56. The van der Waals surface area contributed by atoms with E-state index in [4.69, 9.17) is 27.3 Å². The molecule has 3 aromatic carbocycles. The molecule has 1 aliphatic rings. The molecule has 2 atom stereocenters. The monoisotopic (exact) mass is 650 g/mol. The molecule has 0 saturated carbocycles. The third-order valence-corrected chi connectivity index (χ3v) is 6.54. The lowest BCUT2D eigenvalue weighted by Gasteiger charge is -2.25. The minimum atomic E-state index is -5.48. The fourth-order valence-corrected chi connectivity index (χ4v) is 4.56. The summed E-state index contributed by atoms with van der Waals surface area (Å²) in [6, 6.07) is -1.30. The summed E-state index contributed by atoms with van der Waals surface area (Å²) in [5, 5.41) is 0. The number of benzene rings is 3. The van der Waals surface area contributed by atoms with Gasteiger partial charge < -0.3 is 9.47 Å². The quantitative estimate of drug-likeness (QED) is 0.250. The Kier molecular flexibility index (Phi) is 5.08. The van der Waals surface area contributed by atoms with Crippen LogP contribution in [0.15, 0.2) is 48.5 Å². The highest BCUT2D eigenvalue weighted by molar-refractivity contribution is 5.79. The van der Waals surface area contributed by atoms with E-state index in [1.165, 1.54) is 0 Å². The number of methoxy groups -OCH3 is 1. The highest BCUT2D eigenvalue weighted by Gasteiger charge is 2.44. The zero-order valence-electron chi connectivity index (χ0n) is 34.4. The Morgan fingerprint density at radius 1 is 0.909 bits per heavy atom. The van der Waals surface area contributed by atoms with Crippen molar-refractivity contribution in [1.29, 1.82) is 0 Å². The minimum Gasteiger partial charge on any atom is -0.496 e. The van der Waals surface area contributed by atoms with E-state index in [1.54, 1.807) is 0 Å². The summed E-state index contributed by atoms with van der Waals surface area (Å²) in [6.45, 7) is -13.2. The molecular weight excluding hydrogens is 612 g/mol. The maximum absolute atomic E-state index is 15.9. The predicted molar refractivity (Wildman–Crippen MR) is 138 cm³/mol. The van der Waals surface area contributed by atoms with Gasteiger partial charge in [-0.3, -0.25) is 4.90 Å². The molecule has 4 rings (SSSR count). The summed E-state index contributed by atoms with van der Waals surface area (Å²) < 4.78 is 254. The van der Waals surface area contributed by atoms with E-state index < -0.39 is 133 Å². The van der Waals surface area contributed by atoms with Crippen LogP contribution in [0.5, 0.6) is 5.75 Å². The third-order valence-electron chi connectivity index (χ3n) is 6.54. The van der Waals surface area contributed by atoms with Gasteiger partial charge in [0, 0.05) is 24.8 Å². The maximum atomic E-state index is 15.9. The van der Waals surface area contributed by atoms with E-state index in [2.05, 4.69) is 0 Å². The Bertz CT molecular complexity index is 1980. The molecule has 1 heterocycles. The van der Waals surface area contributed by atoms with Crippen molar-refractivity contribution in [3.8, 4) is 16.9 Å². The summed E-state index contributed by atoms with van der Waals surface area (Å²) in [5.74, 6) is -7.08. The summed E-state index contributed by atoms with van der Waals surface area (Å²) in [4.78, 5) is 13.4. The lowest BCUT2D eigenvalue weighted by atomic mass is 9.88. The van der Waals surface area contributed by atoms with Gasteiger partial charge in [0.2, 0.25) is 0 Å². The van der Waals surface area contributed by atoms with Crippen molar-refractivity contribution in [2.45, 2.75) is 63.7 Å². The lowest BCUT2D eigenvalue weighted by Crippen LogP contribution is -2.32. The van der Waals surface area contributed by atoms with Crippen molar-refractivity contribution >= 4 is 6.09 Å². The zero-order valence-corrected chi connectivity index (χ0v) is 21.4. The minimum absolute atomic E-state index is 0.0417. The number of cyclic esters (lactones) is 1. The molecule has 3 aromatic rings. The Morgan fingerprint density at radius 2 is 1.55 bits per heavy atom. The fraction of sp³-hybridized carbons (Fsp3) is 0.367. The van der Waals surface area contributed by atoms with Crippen LogP contribution in [0.1, 0.15) is 83.8 Å². The van der Waals surface area contributed by atoms with E-state index in [0.29, 0.717) is 18.2 Å². The molecular formula is C30H25F10NO3. The van der Waals surface area contributed by atoms with Gasteiger partial charge in [0.15, 0.2) is 0 Å². The molecule has 1 fully saturated rings. The predicted octanol–water partition coefficient (Wildman–Crippen LogP) is 9.76. The average molecular weight is 651 g/mol. The van der Waals surface area contributed by atoms with E-state index in [1.807, 2.05) is 0 Å².